The van der Waals surface area contributed by atoms with E-state index in [4.69, 9.17) is 4.42 Å². The molecule has 2 aromatic heterocycles. The summed E-state index contributed by atoms with van der Waals surface area (Å²) in [6, 6.07) is 13.5. The van der Waals surface area contributed by atoms with E-state index in [1.807, 2.05) is 49.4 Å². The van der Waals surface area contributed by atoms with E-state index in [9.17, 15) is 4.79 Å². The third kappa shape index (κ3) is 2.59. The molecule has 3 rings (SSSR count). The van der Waals surface area contributed by atoms with E-state index in [1.165, 1.54) is 0 Å². The number of aromatic nitrogens is 1. The van der Waals surface area contributed by atoms with Gasteiger partial charge in [-0.2, -0.15) is 0 Å². The molecule has 0 saturated carbocycles. The zero-order chi connectivity index (χ0) is 13.9. The van der Waals surface area contributed by atoms with Crippen LogP contribution in [-0.4, -0.2) is 16.9 Å². The Kier molecular flexibility index (Phi) is 3.29. The van der Waals surface area contributed by atoms with Crippen LogP contribution in [0.2, 0.25) is 0 Å². The van der Waals surface area contributed by atoms with Crippen molar-refractivity contribution >= 4 is 16.8 Å². The van der Waals surface area contributed by atoms with Gasteiger partial charge in [-0.05, 0) is 31.2 Å². The first-order chi connectivity index (χ1) is 9.72. The quantitative estimate of drug-likeness (QED) is 0.763. The topological polar surface area (TPSA) is 58.0 Å². The second-order valence-electron chi connectivity index (χ2n) is 4.93. The Balaban J connectivity index is 1.69. The molecular weight excluding hydrogens is 252 g/mol. The van der Waals surface area contributed by atoms with Gasteiger partial charge in [0.25, 0.3) is 5.91 Å². The van der Waals surface area contributed by atoms with Crippen molar-refractivity contribution in [3.05, 3.63) is 60.2 Å². The average molecular weight is 268 g/mol. The Morgan fingerprint density at radius 3 is 2.90 bits per heavy atom. The molecule has 0 saturated heterocycles. The molecule has 0 fully saturated rings. The van der Waals surface area contributed by atoms with Crippen molar-refractivity contribution in [2.45, 2.75) is 19.4 Å². The molecule has 0 aliphatic rings. The Labute approximate surface area is 116 Å². The van der Waals surface area contributed by atoms with E-state index in [2.05, 4.69) is 10.3 Å². The summed E-state index contributed by atoms with van der Waals surface area (Å²) in [4.78, 5) is 15.3. The number of benzene rings is 1. The van der Waals surface area contributed by atoms with Gasteiger partial charge in [0.1, 0.15) is 11.5 Å². The van der Waals surface area contributed by atoms with Gasteiger partial charge in [-0.1, -0.05) is 18.2 Å². The molecule has 1 amide bonds. The number of para-hydroxylation sites is 1. The normalized spacial score (nSPS) is 12.4. The fraction of sp³-hybridized carbons (Fsp3) is 0.188. The van der Waals surface area contributed by atoms with Crippen molar-refractivity contribution < 1.29 is 9.21 Å². The average Bonchev–Trinajstić information content (AvgIpc) is 3.06. The van der Waals surface area contributed by atoms with E-state index in [0.29, 0.717) is 12.1 Å². The molecule has 0 bridgehead atoms. The van der Waals surface area contributed by atoms with E-state index in [1.54, 1.807) is 6.26 Å². The Morgan fingerprint density at radius 1 is 1.30 bits per heavy atom. The lowest BCUT2D eigenvalue weighted by Gasteiger charge is -2.11. The third-order valence-corrected chi connectivity index (χ3v) is 3.24. The van der Waals surface area contributed by atoms with Gasteiger partial charge in [0.15, 0.2) is 0 Å². The maximum absolute atomic E-state index is 12.2. The van der Waals surface area contributed by atoms with Crippen molar-refractivity contribution in [2.24, 2.45) is 0 Å². The van der Waals surface area contributed by atoms with Crippen LogP contribution >= 0.6 is 0 Å². The van der Waals surface area contributed by atoms with Crippen molar-refractivity contribution in [3.8, 4) is 0 Å². The Morgan fingerprint density at radius 2 is 2.15 bits per heavy atom. The monoisotopic (exact) mass is 268 g/mol. The first-order valence-corrected chi connectivity index (χ1v) is 6.63. The molecule has 0 aliphatic heterocycles. The van der Waals surface area contributed by atoms with Crippen molar-refractivity contribution in [3.63, 3.8) is 0 Å². The predicted molar refractivity (Wildman–Crippen MR) is 77.6 cm³/mol. The molecular formula is C16H16N2O2. The number of hydrogen-bond donors (Lipinski definition) is 2. The molecule has 102 valence electrons. The fourth-order valence-corrected chi connectivity index (χ4v) is 2.28. The van der Waals surface area contributed by atoms with Gasteiger partial charge in [0, 0.05) is 23.4 Å². The van der Waals surface area contributed by atoms with Crippen LogP contribution in [0.15, 0.2) is 53.1 Å². The SMILES string of the molecule is CC(Cc1ccco1)NC(=O)c1cc2ccccc2[nH]1. The number of aromatic amines is 1. The second kappa shape index (κ2) is 5.25. The fourth-order valence-electron chi connectivity index (χ4n) is 2.28. The zero-order valence-corrected chi connectivity index (χ0v) is 11.2. The van der Waals surface area contributed by atoms with Gasteiger partial charge in [0.05, 0.1) is 6.26 Å². The number of amides is 1. The molecule has 0 aliphatic carbocycles. The zero-order valence-electron chi connectivity index (χ0n) is 11.2. The lowest BCUT2D eigenvalue weighted by atomic mass is 10.2. The number of rotatable bonds is 4. The number of hydrogen-bond acceptors (Lipinski definition) is 2. The van der Waals surface area contributed by atoms with Gasteiger partial charge in [-0.25, -0.2) is 0 Å². The van der Waals surface area contributed by atoms with Crippen LogP contribution in [0, 0.1) is 0 Å². The van der Waals surface area contributed by atoms with Crippen LogP contribution in [0.5, 0.6) is 0 Å². The number of carbonyl (C=O) groups excluding carboxylic acids is 1. The van der Waals surface area contributed by atoms with Crippen molar-refractivity contribution in [1.29, 1.82) is 0 Å². The molecule has 1 atom stereocenters. The Bertz CT molecular complexity index is 680. The minimum absolute atomic E-state index is 0.0139. The predicted octanol–water partition coefficient (Wildman–Crippen LogP) is 3.12. The molecule has 1 aromatic carbocycles. The minimum Gasteiger partial charge on any atom is -0.469 e. The summed E-state index contributed by atoms with van der Waals surface area (Å²) in [7, 11) is 0. The lowest BCUT2D eigenvalue weighted by molar-refractivity contribution is 0.0935. The number of fused-ring (bicyclic) bond motifs is 1. The molecule has 2 heterocycles. The standard InChI is InChI=1S/C16H16N2O2/c1-11(9-13-6-4-8-20-13)17-16(19)15-10-12-5-2-3-7-14(12)18-15/h2-8,10-11,18H,9H2,1H3,(H,17,19). The first-order valence-electron chi connectivity index (χ1n) is 6.63. The minimum atomic E-state index is -0.0970. The number of furan rings is 1. The van der Waals surface area contributed by atoms with E-state index in [0.717, 1.165) is 16.7 Å². The molecule has 2 N–H and O–H groups in total. The van der Waals surface area contributed by atoms with Gasteiger partial charge in [-0.3, -0.25) is 4.79 Å². The number of H-pyrrole nitrogens is 1. The van der Waals surface area contributed by atoms with Crippen molar-refractivity contribution in [1.82, 2.24) is 10.3 Å². The summed E-state index contributed by atoms with van der Waals surface area (Å²) in [6.07, 6.45) is 2.32. The third-order valence-electron chi connectivity index (χ3n) is 3.24. The maximum Gasteiger partial charge on any atom is 0.267 e. The summed E-state index contributed by atoms with van der Waals surface area (Å²) in [6.45, 7) is 1.96. The molecule has 1 unspecified atom stereocenters. The Hall–Kier alpha value is -2.49. The highest BCUT2D eigenvalue weighted by atomic mass is 16.3. The van der Waals surface area contributed by atoms with Gasteiger partial charge in [-0.15, -0.1) is 0 Å². The van der Waals surface area contributed by atoms with Crippen LogP contribution in [0.3, 0.4) is 0 Å². The summed E-state index contributed by atoms with van der Waals surface area (Å²) < 4.78 is 5.28. The maximum atomic E-state index is 12.2. The van der Waals surface area contributed by atoms with Gasteiger partial charge < -0.3 is 14.7 Å². The molecule has 3 aromatic rings. The van der Waals surface area contributed by atoms with Gasteiger partial charge in [0.2, 0.25) is 0 Å². The highest BCUT2D eigenvalue weighted by Gasteiger charge is 2.13. The van der Waals surface area contributed by atoms with Crippen LogP contribution in [0.1, 0.15) is 23.2 Å². The second-order valence-corrected chi connectivity index (χ2v) is 4.93. The summed E-state index contributed by atoms with van der Waals surface area (Å²) in [5.41, 5.74) is 1.55. The number of nitrogens with one attached hydrogen (secondary N) is 2. The highest BCUT2D eigenvalue weighted by Crippen LogP contribution is 2.14. The van der Waals surface area contributed by atoms with E-state index < -0.39 is 0 Å². The summed E-state index contributed by atoms with van der Waals surface area (Å²) >= 11 is 0. The molecule has 0 spiro atoms. The van der Waals surface area contributed by atoms with Gasteiger partial charge >= 0.3 is 0 Å². The van der Waals surface area contributed by atoms with E-state index in [-0.39, 0.29) is 11.9 Å². The molecule has 20 heavy (non-hydrogen) atoms. The van der Waals surface area contributed by atoms with Crippen LogP contribution in [-0.2, 0) is 6.42 Å². The number of carbonyl (C=O) groups is 1. The smallest absolute Gasteiger partial charge is 0.267 e. The van der Waals surface area contributed by atoms with Crippen LogP contribution in [0.4, 0.5) is 0 Å². The largest absolute Gasteiger partial charge is 0.469 e. The summed E-state index contributed by atoms with van der Waals surface area (Å²) in [5.74, 6) is 0.773. The van der Waals surface area contributed by atoms with Crippen molar-refractivity contribution in [2.75, 3.05) is 0 Å². The summed E-state index contributed by atoms with van der Waals surface area (Å²) in [5, 5.41) is 4.00. The molecule has 4 heteroatoms. The molecule has 0 radical (unpaired) electrons. The van der Waals surface area contributed by atoms with Crippen LogP contribution < -0.4 is 5.32 Å². The molecule has 4 nitrogen and oxygen atoms in total. The van der Waals surface area contributed by atoms with E-state index >= 15 is 0 Å². The first kappa shape index (κ1) is 12.5. The lowest BCUT2D eigenvalue weighted by Crippen LogP contribution is -2.34. The highest BCUT2D eigenvalue weighted by molar-refractivity contribution is 5.98. The van der Waals surface area contributed by atoms with Crippen LogP contribution in [0.25, 0.3) is 10.9 Å².